The van der Waals surface area contributed by atoms with Crippen molar-refractivity contribution < 1.29 is 14.7 Å². The summed E-state index contributed by atoms with van der Waals surface area (Å²) in [7, 11) is 0. The van der Waals surface area contributed by atoms with Crippen molar-refractivity contribution in [3.05, 3.63) is 39.9 Å². The molecule has 1 rings (SSSR count). The van der Waals surface area contributed by atoms with Crippen LogP contribution in [0.4, 0.5) is 10.5 Å². The number of anilines is 1. The van der Waals surface area contributed by atoms with E-state index in [4.69, 9.17) is 39.9 Å². The van der Waals surface area contributed by atoms with Crippen LogP contribution in [0.25, 0.3) is 0 Å². The van der Waals surface area contributed by atoms with Crippen molar-refractivity contribution in [1.29, 1.82) is 0 Å². The normalized spacial score (nSPS) is 11.6. The molecule has 0 aromatic heterocycles. The van der Waals surface area contributed by atoms with Gasteiger partial charge in [-0.25, -0.2) is 9.59 Å². The molecule has 3 N–H and O–H groups in total. The molecule has 1 aromatic carbocycles. The third-order valence-corrected chi connectivity index (χ3v) is 3.07. The van der Waals surface area contributed by atoms with Crippen LogP contribution in [0, 0.1) is 0 Å². The van der Waals surface area contributed by atoms with E-state index in [-0.39, 0.29) is 22.2 Å². The van der Waals surface area contributed by atoms with Gasteiger partial charge in [-0.05, 0) is 18.6 Å². The summed E-state index contributed by atoms with van der Waals surface area (Å²) in [4.78, 5) is 22.6. The summed E-state index contributed by atoms with van der Waals surface area (Å²) in [5.74, 6) is -1.17. The van der Waals surface area contributed by atoms with E-state index < -0.39 is 18.0 Å². The number of rotatable bonds is 5. The second-order valence-corrected chi connectivity index (χ2v) is 5.01. The third kappa shape index (κ3) is 4.59. The molecule has 0 spiro atoms. The average molecular weight is 338 g/mol. The molecule has 20 heavy (non-hydrogen) atoms. The molecule has 1 unspecified atom stereocenters. The van der Waals surface area contributed by atoms with Crippen molar-refractivity contribution >= 4 is 52.5 Å². The lowest BCUT2D eigenvalue weighted by Crippen LogP contribution is -2.42. The number of halogens is 3. The molecule has 0 saturated heterocycles. The molecular weight excluding hydrogens is 327 g/mol. The largest absolute Gasteiger partial charge is 0.480 e. The van der Waals surface area contributed by atoms with Crippen LogP contribution in [0.2, 0.25) is 15.1 Å². The molecule has 1 atom stereocenters. The van der Waals surface area contributed by atoms with Gasteiger partial charge in [-0.2, -0.15) is 0 Å². The summed E-state index contributed by atoms with van der Waals surface area (Å²) < 4.78 is 0. The molecule has 0 fully saturated rings. The van der Waals surface area contributed by atoms with Crippen molar-refractivity contribution in [3.63, 3.8) is 0 Å². The fourth-order valence-corrected chi connectivity index (χ4v) is 2.27. The van der Waals surface area contributed by atoms with E-state index in [1.54, 1.807) is 0 Å². The molecule has 1 aromatic rings. The summed E-state index contributed by atoms with van der Waals surface area (Å²) in [6.07, 6.45) is 1.48. The van der Waals surface area contributed by atoms with E-state index in [0.717, 1.165) is 0 Å². The highest BCUT2D eigenvalue weighted by Gasteiger charge is 2.19. The molecule has 0 heterocycles. The smallest absolute Gasteiger partial charge is 0.326 e. The number of aliphatic carboxylic acids is 1. The highest BCUT2D eigenvalue weighted by Crippen LogP contribution is 2.33. The summed E-state index contributed by atoms with van der Waals surface area (Å²) in [6.45, 7) is 3.42. The van der Waals surface area contributed by atoms with Gasteiger partial charge in [-0.1, -0.05) is 40.9 Å². The van der Waals surface area contributed by atoms with E-state index in [0.29, 0.717) is 5.02 Å². The van der Waals surface area contributed by atoms with Crippen LogP contribution >= 0.6 is 34.8 Å². The van der Waals surface area contributed by atoms with Crippen LogP contribution in [0.1, 0.15) is 6.42 Å². The molecule has 0 bridgehead atoms. The average Bonchev–Trinajstić information content (AvgIpc) is 2.33. The Morgan fingerprint density at radius 2 is 1.85 bits per heavy atom. The third-order valence-electron chi connectivity index (χ3n) is 2.25. The molecule has 108 valence electrons. The molecule has 8 heteroatoms. The van der Waals surface area contributed by atoms with Crippen LogP contribution in [-0.2, 0) is 4.79 Å². The summed E-state index contributed by atoms with van der Waals surface area (Å²) in [5.41, 5.74) is 0.151. The number of carboxylic acids is 1. The lowest BCUT2D eigenvalue weighted by molar-refractivity contribution is -0.139. The van der Waals surface area contributed by atoms with Gasteiger partial charge in [-0.3, -0.25) is 0 Å². The van der Waals surface area contributed by atoms with Gasteiger partial charge >= 0.3 is 12.0 Å². The SMILES string of the molecule is C=CCC(NC(=O)Nc1c(Cl)cc(Cl)cc1Cl)C(=O)O. The Labute approximate surface area is 130 Å². The molecule has 0 aliphatic rings. The Morgan fingerprint density at radius 3 is 2.30 bits per heavy atom. The number of nitrogens with one attached hydrogen (secondary N) is 2. The van der Waals surface area contributed by atoms with Gasteiger partial charge in [0.05, 0.1) is 15.7 Å². The predicted octanol–water partition coefficient (Wildman–Crippen LogP) is 3.80. The molecule has 0 aliphatic carbocycles. The lowest BCUT2D eigenvalue weighted by atomic mass is 10.2. The minimum Gasteiger partial charge on any atom is -0.480 e. The number of urea groups is 1. The molecule has 0 aliphatic heterocycles. The standard InChI is InChI=1S/C12H11Cl3N2O3/c1-2-3-9(11(18)19)16-12(20)17-10-7(14)4-6(13)5-8(10)15/h2,4-5,9H,1,3H2,(H,18,19)(H2,16,17,20). The number of benzene rings is 1. The highest BCUT2D eigenvalue weighted by atomic mass is 35.5. The van der Waals surface area contributed by atoms with Crippen molar-refractivity contribution in [3.8, 4) is 0 Å². The quantitative estimate of drug-likeness (QED) is 0.715. The zero-order valence-electron chi connectivity index (χ0n) is 10.1. The number of carbonyl (C=O) groups is 2. The molecule has 0 saturated carbocycles. The van der Waals surface area contributed by atoms with Crippen LogP contribution in [0.5, 0.6) is 0 Å². The highest BCUT2D eigenvalue weighted by molar-refractivity contribution is 6.42. The first-order chi connectivity index (χ1) is 9.35. The summed E-state index contributed by atoms with van der Waals surface area (Å²) >= 11 is 17.5. The number of hydrogen-bond donors (Lipinski definition) is 3. The van der Waals surface area contributed by atoms with Crippen molar-refractivity contribution in [2.75, 3.05) is 5.32 Å². The minimum atomic E-state index is -1.17. The molecular formula is C12H11Cl3N2O3. The summed E-state index contributed by atoms with van der Waals surface area (Å²) in [6, 6.07) is 0.981. The van der Waals surface area contributed by atoms with Crippen LogP contribution in [0.15, 0.2) is 24.8 Å². The van der Waals surface area contributed by atoms with Crippen LogP contribution in [0.3, 0.4) is 0 Å². The maximum atomic E-state index is 11.7. The number of carboxylic acid groups (broad SMARTS) is 1. The molecule has 2 amide bonds. The first-order valence-electron chi connectivity index (χ1n) is 5.41. The van der Waals surface area contributed by atoms with Gasteiger partial charge < -0.3 is 15.7 Å². The zero-order valence-corrected chi connectivity index (χ0v) is 12.4. The van der Waals surface area contributed by atoms with Crippen molar-refractivity contribution in [1.82, 2.24) is 5.32 Å². The van der Waals surface area contributed by atoms with Crippen molar-refractivity contribution in [2.45, 2.75) is 12.5 Å². The Kier molecular flexibility index (Phi) is 6.13. The topological polar surface area (TPSA) is 78.4 Å². The maximum absolute atomic E-state index is 11.7. The van der Waals surface area contributed by atoms with Crippen LogP contribution < -0.4 is 10.6 Å². The van der Waals surface area contributed by atoms with Gasteiger partial charge in [-0.15, -0.1) is 6.58 Å². The zero-order chi connectivity index (χ0) is 15.3. The second-order valence-electron chi connectivity index (χ2n) is 3.76. The lowest BCUT2D eigenvalue weighted by Gasteiger charge is -2.15. The first-order valence-corrected chi connectivity index (χ1v) is 6.54. The molecule has 0 radical (unpaired) electrons. The maximum Gasteiger partial charge on any atom is 0.326 e. The van der Waals surface area contributed by atoms with Gasteiger partial charge in [0.2, 0.25) is 0 Å². The summed E-state index contributed by atoms with van der Waals surface area (Å²) in [5, 5.41) is 14.2. The molecule has 5 nitrogen and oxygen atoms in total. The predicted molar refractivity (Wildman–Crippen MR) is 79.9 cm³/mol. The fourth-order valence-electron chi connectivity index (χ4n) is 1.36. The van der Waals surface area contributed by atoms with Crippen molar-refractivity contribution in [2.24, 2.45) is 0 Å². The fraction of sp³-hybridized carbons (Fsp3) is 0.167. The van der Waals surface area contributed by atoms with E-state index >= 15 is 0 Å². The van der Waals surface area contributed by atoms with Gasteiger partial charge in [0.15, 0.2) is 0 Å². The number of hydrogen-bond acceptors (Lipinski definition) is 2. The minimum absolute atomic E-state index is 0.0881. The van der Waals surface area contributed by atoms with Gasteiger partial charge in [0.1, 0.15) is 6.04 Å². The monoisotopic (exact) mass is 336 g/mol. The second kappa shape index (κ2) is 7.38. The van der Waals surface area contributed by atoms with Crippen LogP contribution in [-0.4, -0.2) is 23.1 Å². The Bertz CT molecular complexity index is 526. The van der Waals surface area contributed by atoms with E-state index in [2.05, 4.69) is 17.2 Å². The van der Waals surface area contributed by atoms with E-state index in [1.165, 1.54) is 18.2 Å². The Balaban J connectivity index is 2.81. The first kappa shape index (κ1) is 16.6. The van der Waals surface area contributed by atoms with E-state index in [9.17, 15) is 9.59 Å². The Morgan fingerprint density at radius 1 is 1.30 bits per heavy atom. The van der Waals surface area contributed by atoms with Gasteiger partial charge in [0, 0.05) is 5.02 Å². The van der Waals surface area contributed by atoms with Gasteiger partial charge in [0.25, 0.3) is 0 Å². The Hall–Kier alpha value is -1.43. The van der Waals surface area contributed by atoms with E-state index in [1.807, 2.05) is 0 Å². The number of carbonyl (C=O) groups excluding carboxylic acids is 1. The number of amides is 2.